The summed E-state index contributed by atoms with van der Waals surface area (Å²) in [5.41, 5.74) is -0.00988. The Morgan fingerprint density at radius 3 is 2.31 bits per heavy atom. The van der Waals surface area contributed by atoms with E-state index in [0.717, 1.165) is 25.7 Å². The summed E-state index contributed by atoms with van der Waals surface area (Å²) in [6.45, 7) is 0.278. The number of aliphatic hydroxyl groups is 1. The molecule has 0 bridgehead atoms. The zero-order valence-electron chi connectivity index (χ0n) is 10.4. The minimum Gasteiger partial charge on any atom is -0.394 e. The maximum atomic E-state index is 9.66. The summed E-state index contributed by atoms with van der Waals surface area (Å²) in [4.78, 5) is 0. The van der Waals surface area contributed by atoms with Gasteiger partial charge in [-0.25, -0.2) is 0 Å². The molecule has 2 fully saturated rings. The fourth-order valence-electron chi connectivity index (χ4n) is 3.23. The van der Waals surface area contributed by atoms with E-state index >= 15 is 0 Å². The fraction of sp³-hybridized carbons (Fsp3) is 1.00. The van der Waals surface area contributed by atoms with E-state index in [1.165, 1.54) is 25.7 Å². The Morgan fingerprint density at radius 1 is 1.19 bits per heavy atom. The van der Waals surface area contributed by atoms with Crippen molar-refractivity contribution in [2.75, 3.05) is 13.7 Å². The van der Waals surface area contributed by atoms with Crippen LogP contribution in [0.4, 0.5) is 0 Å². The van der Waals surface area contributed by atoms with Crippen LogP contribution in [0.5, 0.6) is 0 Å². The van der Waals surface area contributed by atoms with E-state index in [0.29, 0.717) is 12.1 Å². The van der Waals surface area contributed by atoms with Gasteiger partial charge in [0.2, 0.25) is 0 Å². The Hall–Kier alpha value is -0.120. The highest BCUT2D eigenvalue weighted by atomic mass is 16.5. The summed E-state index contributed by atoms with van der Waals surface area (Å²) >= 11 is 0. The van der Waals surface area contributed by atoms with Gasteiger partial charge >= 0.3 is 0 Å². The Morgan fingerprint density at radius 2 is 1.81 bits per heavy atom. The summed E-state index contributed by atoms with van der Waals surface area (Å²) < 4.78 is 5.39. The first kappa shape index (κ1) is 12.3. The van der Waals surface area contributed by atoms with Crippen molar-refractivity contribution in [3.05, 3.63) is 0 Å². The van der Waals surface area contributed by atoms with Gasteiger partial charge in [0.05, 0.1) is 12.7 Å². The normalized spacial score (nSPS) is 36.8. The number of nitrogens with one attached hydrogen (secondary N) is 1. The molecule has 0 amide bonds. The molecule has 0 aliphatic heterocycles. The first-order valence-electron chi connectivity index (χ1n) is 6.69. The molecule has 0 atom stereocenters. The summed E-state index contributed by atoms with van der Waals surface area (Å²) in [6, 6.07) is 0.645. The van der Waals surface area contributed by atoms with Gasteiger partial charge in [0.1, 0.15) is 0 Å². The van der Waals surface area contributed by atoms with Gasteiger partial charge in [0.15, 0.2) is 0 Å². The lowest BCUT2D eigenvalue weighted by Gasteiger charge is -2.41. The minimum absolute atomic E-state index is 0.00988. The average Bonchev–Trinajstić information content (AvgIpc) is 2.83. The van der Waals surface area contributed by atoms with E-state index in [9.17, 15) is 5.11 Å². The van der Waals surface area contributed by atoms with E-state index < -0.39 is 0 Å². The molecule has 0 spiro atoms. The lowest BCUT2D eigenvalue weighted by molar-refractivity contribution is 0.0192. The molecule has 2 aliphatic carbocycles. The van der Waals surface area contributed by atoms with Crippen molar-refractivity contribution in [2.45, 2.75) is 69.1 Å². The summed E-state index contributed by atoms with van der Waals surface area (Å²) in [5.74, 6) is 0. The Balaban J connectivity index is 1.87. The smallest absolute Gasteiger partial charge is 0.0613 e. The van der Waals surface area contributed by atoms with Gasteiger partial charge in [-0.05, 0) is 38.5 Å². The molecule has 0 saturated heterocycles. The van der Waals surface area contributed by atoms with Crippen molar-refractivity contribution in [3.8, 4) is 0 Å². The van der Waals surface area contributed by atoms with Gasteiger partial charge < -0.3 is 15.2 Å². The molecular formula is C13H25NO2. The van der Waals surface area contributed by atoms with Crippen LogP contribution in [0.15, 0.2) is 0 Å². The zero-order chi connectivity index (χ0) is 11.4. The molecule has 0 radical (unpaired) electrons. The predicted octanol–water partition coefficient (Wildman–Crippen LogP) is 1.84. The topological polar surface area (TPSA) is 41.5 Å². The van der Waals surface area contributed by atoms with Crippen LogP contribution in [0.2, 0.25) is 0 Å². The van der Waals surface area contributed by atoms with E-state index in [1.54, 1.807) is 7.11 Å². The van der Waals surface area contributed by atoms with E-state index in [1.807, 2.05) is 0 Å². The number of methoxy groups -OCH3 is 1. The molecule has 2 saturated carbocycles. The van der Waals surface area contributed by atoms with Gasteiger partial charge in [-0.3, -0.25) is 0 Å². The first-order chi connectivity index (χ1) is 7.78. The predicted molar refractivity (Wildman–Crippen MR) is 64.5 cm³/mol. The van der Waals surface area contributed by atoms with Gasteiger partial charge in [-0.15, -0.1) is 0 Å². The third kappa shape index (κ3) is 2.76. The lowest BCUT2D eigenvalue weighted by atomic mass is 9.80. The van der Waals surface area contributed by atoms with Crippen molar-refractivity contribution in [2.24, 2.45) is 0 Å². The highest BCUT2D eigenvalue weighted by Gasteiger charge is 2.36. The molecule has 0 aromatic carbocycles. The minimum atomic E-state index is -0.00988. The van der Waals surface area contributed by atoms with Crippen LogP contribution in [0.3, 0.4) is 0 Å². The molecule has 3 heteroatoms. The molecule has 2 rings (SSSR count). The fourth-order valence-corrected chi connectivity index (χ4v) is 3.23. The molecule has 0 heterocycles. The SMILES string of the molecule is COC1CCC(CO)(NC2CCCC2)CC1. The number of aliphatic hydroxyl groups excluding tert-OH is 1. The van der Waals surface area contributed by atoms with Crippen LogP contribution in [0.25, 0.3) is 0 Å². The van der Waals surface area contributed by atoms with Crippen LogP contribution in [0, 0.1) is 0 Å². The van der Waals surface area contributed by atoms with Crippen LogP contribution in [0.1, 0.15) is 51.4 Å². The standard InChI is InChI=1S/C13H25NO2/c1-16-12-6-8-13(10-15,9-7-12)14-11-4-2-3-5-11/h11-12,14-15H,2-10H2,1H3. The van der Waals surface area contributed by atoms with Crippen molar-refractivity contribution in [1.29, 1.82) is 0 Å². The lowest BCUT2D eigenvalue weighted by Crippen LogP contribution is -2.55. The highest BCUT2D eigenvalue weighted by molar-refractivity contribution is 4.95. The van der Waals surface area contributed by atoms with Crippen LogP contribution >= 0.6 is 0 Å². The molecule has 94 valence electrons. The van der Waals surface area contributed by atoms with Gasteiger partial charge in [0.25, 0.3) is 0 Å². The quantitative estimate of drug-likeness (QED) is 0.770. The maximum Gasteiger partial charge on any atom is 0.0613 e. The van der Waals surface area contributed by atoms with Gasteiger partial charge in [0, 0.05) is 18.7 Å². The Labute approximate surface area is 98.6 Å². The third-order valence-corrected chi connectivity index (χ3v) is 4.39. The maximum absolute atomic E-state index is 9.66. The Bertz CT molecular complexity index is 206. The highest BCUT2D eigenvalue weighted by Crippen LogP contribution is 2.32. The van der Waals surface area contributed by atoms with Crippen molar-refractivity contribution >= 4 is 0 Å². The van der Waals surface area contributed by atoms with E-state index in [-0.39, 0.29) is 12.1 Å². The van der Waals surface area contributed by atoms with Crippen LogP contribution < -0.4 is 5.32 Å². The van der Waals surface area contributed by atoms with Gasteiger partial charge in [-0.2, -0.15) is 0 Å². The second-order valence-corrected chi connectivity index (χ2v) is 5.50. The second-order valence-electron chi connectivity index (χ2n) is 5.50. The number of hydrogen-bond acceptors (Lipinski definition) is 3. The molecule has 0 unspecified atom stereocenters. The third-order valence-electron chi connectivity index (χ3n) is 4.39. The summed E-state index contributed by atoms with van der Waals surface area (Å²) in [6.07, 6.45) is 9.94. The first-order valence-corrected chi connectivity index (χ1v) is 6.69. The number of rotatable bonds is 4. The van der Waals surface area contributed by atoms with Crippen molar-refractivity contribution < 1.29 is 9.84 Å². The molecular weight excluding hydrogens is 202 g/mol. The molecule has 16 heavy (non-hydrogen) atoms. The summed E-state index contributed by atoms with van der Waals surface area (Å²) in [7, 11) is 1.79. The van der Waals surface area contributed by atoms with E-state index in [2.05, 4.69) is 5.32 Å². The molecule has 2 aliphatic rings. The average molecular weight is 227 g/mol. The summed E-state index contributed by atoms with van der Waals surface area (Å²) in [5, 5.41) is 13.4. The monoisotopic (exact) mass is 227 g/mol. The largest absolute Gasteiger partial charge is 0.394 e. The molecule has 0 aromatic rings. The Kier molecular flexibility index (Phi) is 4.22. The zero-order valence-corrected chi connectivity index (χ0v) is 10.4. The molecule has 3 nitrogen and oxygen atoms in total. The molecule has 2 N–H and O–H groups in total. The molecule has 0 aromatic heterocycles. The second kappa shape index (κ2) is 5.48. The van der Waals surface area contributed by atoms with E-state index in [4.69, 9.17) is 4.74 Å². The van der Waals surface area contributed by atoms with Crippen LogP contribution in [-0.2, 0) is 4.74 Å². The van der Waals surface area contributed by atoms with Crippen molar-refractivity contribution in [3.63, 3.8) is 0 Å². The van der Waals surface area contributed by atoms with Crippen LogP contribution in [-0.4, -0.2) is 36.5 Å². The number of ether oxygens (including phenoxy) is 1. The van der Waals surface area contributed by atoms with Gasteiger partial charge in [-0.1, -0.05) is 12.8 Å². The number of hydrogen-bond donors (Lipinski definition) is 2. The van der Waals surface area contributed by atoms with Crippen molar-refractivity contribution in [1.82, 2.24) is 5.32 Å².